The van der Waals surface area contributed by atoms with Gasteiger partial charge in [0.25, 0.3) is 5.91 Å². The van der Waals surface area contributed by atoms with E-state index in [0.29, 0.717) is 6.54 Å². The average Bonchev–Trinajstić information content (AvgIpc) is 2.56. The second kappa shape index (κ2) is 9.14. The van der Waals surface area contributed by atoms with Crippen LogP contribution in [-0.2, 0) is 14.8 Å². The van der Waals surface area contributed by atoms with E-state index in [4.69, 9.17) is 5.11 Å². The molecule has 0 spiro atoms. The van der Waals surface area contributed by atoms with Crippen LogP contribution in [0.2, 0.25) is 0 Å². The molecule has 1 aromatic carbocycles. The monoisotopic (exact) mass is 384 g/mol. The van der Waals surface area contributed by atoms with E-state index in [0.717, 1.165) is 12.8 Å². The van der Waals surface area contributed by atoms with E-state index in [-0.39, 0.29) is 29.2 Å². The molecule has 146 valence electrons. The lowest BCUT2D eigenvalue weighted by Gasteiger charge is -2.26. The zero-order valence-corrected chi connectivity index (χ0v) is 16.6. The Morgan fingerprint density at radius 2 is 1.85 bits per heavy atom. The molecular weight excluding hydrogens is 356 g/mol. The van der Waals surface area contributed by atoms with Crippen molar-refractivity contribution in [2.75, 3.05) is 13.6 Å². The fourth-order valence-electron chi connectivity index (χ4n) is 2.47. The van der Waals surface area contributed by atoms with Crippen LogP contribution in [-0.4, -0.2) is 49.4 Å². The van der Waals surface area contributed by atoms with Crippen LogP contribution in [0.1, 0.15) is 56.8 Å². The quantitative estimate of drug-likeness (QED) is 0.645. The zero-order valence-electron chi connectivity index (χ0n) is 15.8. The maximum Gasteiger partial charge on any atom is 0.303 e. The molecule has 1 rings (SSSR count). The van der Waals surface area contributed by atoms with E-state index in [1.54, 1.807) is 33.0 Å². The molecule has 7 nitrogen and oxygen atoms in total. The molecule has 0 unspecified atom stereocenters. The first-order chi connectivity index (χ1) is 12.0. The summed E-state index contributed by atoms with van der Waals surface area (Å²) >= 11 is 0. The minimum atomic E-state index is -3.99. The number of benzene rings is 1. The molecule has 0 aromatic heterocycles. The molecule has 8 heteroatoms. The van der Waals surface area contributed by atoms with Crippen molar-refractivity contribution >= 4 is 21.9 Å². The summed E-state index contributed by atoms with van der Waals surface area (Å²) in [6.45, 7) is 5.79. The zero-order chi connectivity index (χ0) is 20.0. The Balaban J connectivity index is 3.10. The van der Waals surface area contributed by atoms with Crippen LogP contribution in [0, 0.1) is 0 Å². The number of carbonyl (C=O) groups excluding carboxylic acids is 1. The van der Waals surface area contributed by atoms with Gasteiger partial charge in [-0.3, -0.25) is 9.59 Å². The topological polar surface area (TPSA) is 104 Å². The van der Waals surface area contributed by atoms with E-state index in [2.05, 4.69) is 4.72 Å². The molecule has 0 heterocycles. The van der Waals surface area contributed by atoms with Crippen molar-refractivity contribution in [3.63, 3.8) is 0 Å². The van der Waals surface area contributed by atoms with Crippen LogP contribution in [0.15, 0.2) is 29.2 Å². The number of carbonyl (C=O) groups is 2. The van der Waals surface area contributed by atoms with Gasteiger partial charge in [0.2, 0.25) is 10.0 Å². The molecule has 0 atom stereocenters. The van der Waals surface area contributed by atoms with Crippen LogP contribution < -0.4 is 4.72 Å². The lowest BCUT2D eigenvalue weighted by molar-refractivity contribution is -0.137. The predicted molar refractivity (Wildman–Crippen MR) is 99.6 cm³/mol. The number of rotatable bonds is 10. The second-order valence-electron chi connectivity index (χ2n) is 6.96. The Hall–Kier alpha value is -1.93. The van der Waals surface area contributed by atoms with Crippen molar-refractivity contribution in [2.24, 2.45) is 0 Å². The SMILES string of the molecule is CCCCN(C)C(=O)c1ccccc1S(=O)(=O)NC(C)(C)CCC(=O)O. The highest BCUT2D eigenvalue weighted by molar-refractivity contribution is 7.89. The predicted octanol–water partition coefficient (Wildman–Crippen LogP) is 2.48. The fourth-order valence-corrected chi connectivity index (χ4v) is 4.11. The molecular formula is C18H28N2O5S. The Labute approximate surface area is 155 Å². The van der Waals surface area contributed by atoms with Gasteiger partial charge in [-0.1, -0.05) is 25.5 Å². The van der Waals surface area contributed by atoms with Crippen molar-refractivity contribution in [3.8, 4) is 0 Å². The molecule has 0 aliphatic rings. The van der Waals surface area contributed by atoms with Crippen LogP contribution in [0.25, 0.3) is 0 Å². The number of nitrogens with zero attached hydrogens (tertiary/aromatic N) is 1. The molecule has 0 saturated carbocycles. The van der Waals surface area contributed by atoms with Gasteiger partial charge in [-0.05, 0) is 38.8 Å². The number of sulfonamides is 1. The summed E-state index contributed by atoms with van der Waals surface area (Å²) in [7, 11) is -2.34. The normalized spacial score (nSPS) is 12.0. The minimum Gasteiger partial charge on any atom is -0.481 e. The molecule has 0 saturated heterocycles. The number of hydrogen-bond donors (Lipinski definition) is 2. The molecule has 0 fully saturated rings. The molecule has 1 aromatic rings. The molecule has 0 aliphatic carbocycles. The highest BCUT2D eigenvalue weighted by atomic mass is 32.2. The lowest BCUT2D eigenvalue weighted by Crippen LogP contribution is -2.44. The van der Waals surface area contributed by atoms with Crippen molar-refractivity contribution in [1.29, 1.82) is 0 Å². The van der Waals surface area contributed by atoms with Crippen LogP contribution in [0.5, 0.6) is 0 Å². The Bertz CT molecular complexity index is 744. The summed E-state index contributed by atoms with van der Waals surface area (Å²) in [5.74, 6) is -1.35. The Morgan fingerprint density at radius 3 is 2.42 bits per heavy atom. The van der Waals surface area contributed by atoms with Gasteiger partial charge in [-0.25, -0.2) is 13.1 Å². The first-order valence-corrected chi connectivity index (χ1v) is 10.1. The number of carboxylic acids is 1. The van der Waals surface area contributed by atoms with E-state index < -0.39 is 21.5 Å². The first kappa shape index (κ1) is 22.1. The van der Waals surface area contributed by atoms with Crippen molar-refractivity contribution in [1.82, 2.24) is 9.62 Å². The summed E-state index contributed by atoms with van der Waals surface area (Å²) in [6.07, 6.45) is 1.73. The largest absolute Gasteiger partial charge is 0.481 e. The van der Waals surface area contributed by atoms with E-state index >= 15 is 0 Å². The number of nitrogens with one attached hydrogen (secondary N) is 1. The Morgan fingerprint density at radius 1 is 1.23 bits per heavy atom. The van der Waals surface area contributed by atoms with Crippen molar-refractivity contribution in [2.45, 2.75) is 56.9 Å². The standard InChI is InChI=1S/C18H28N2O5S/c1-5-6-13-20(4)17(23)14-9-7-8-10-15(14)26(24,25)19-18(2,3)12-11-16(21)22/h7-10,19H,5-6,11-13H2,1-4H3,(H,21,22). The molecule has 0 bridgehead atoms. The second-order valence-corrected chi connectivity index (χ2v) is 8.61. The molecule has 0 aliphatic heterocycles. The van der Waals surface area contributed by atoms with Crippen LogP contribution in [0.4, 0.5) is 0 Å². The maximum atomic E-state index is 12.8. The van der Waals surface area contributed by atoms with E-state index in [1.165, 1.54) is 17.0 Å². The molecule has 0 radical (unpaired) electrons. The smallest absolute Gasteiger partial charge is 0.303 e. The number of unbranched alkanes of at least 4 members (excludes halogenated alkanes) is 1. The van der Waals surface area contributed by atoms with Gasteiger partial charge in [-0.15, -0.1) is 0 Å². The van der Waals surface area contributed by atoms with Gasteiger partial charge < -0.3 is 10.0 Å². The first-order valence-electron chi connectivity index (χ1n) is 8.60. The third-order valence-electron chi connectivity index (χ3n) is 3.98. The van der Waals surface area contributed by atoms with E-state index in [9.17, 15) is 18.0 Å². The minimum absolute atomic E-state index is 0.100. The summed E-state index contributed by atoms with van der Waals surface area (Å²) in [6, 6.07) is 6.05. The number of amides is 1. The summed E-state index contributed by atoms with van der Waals surface area (Å²) in [5.41, 5.74) is -0.853. The molecule has 26 heavy (non-hydrogen) atoms. The number of aliphatic carboxylic acids is 1. The van der Waals surface area contributed by atoms with Gasteiger partial charge in [0.15, 0.2) is 0 Å². The molecule has 1 amide bonds. The van der Waals surface area contributed by atoms with Crippen LogP contribution >= 0.6 is 0 Å². The average molecular weight is 384 g/mol. The lowest BCUT2D eigenvalue weighted by atomic mass is 10.0. The molecule has 2 N–H and O–H groups in total. The van der Waals surface area contributed by atoms with Gasteiger partial charge in [0.05, 0.1) is 10.5 Å². The Kier molecular flexibility index (Phi) is 7.77. The van der Waals surface area contributed by atoms with Crippen molar-refractivity contribution in [3.05, 3.63) is 29.8 Å². The van der Waals surface area contributed by atoms with Gasteiger partial charge in [0.1, 0.15) is 0 Å². The van der Waals surface area contributed by atoms with Gasteiger partial charge >= 0.3 is 5.97 Å². The van der Waals surface area contributed by atoms with Crippen LogP contribution in [0.3, 0.4) is 0 Å². The third kappa shape index (κ3) is 6.42. The summed E-state index contributed by atoms with van der Waals surface area (Å²) < 4.78 is 28.2. The maximum absolute atomic E-state index is 12.8. The highest BCUT2D eigenvalue weighted by Crippen LogP contribution is 2.21. The van der Waals surface area contributed by atoms with Gasteiger partial charge in [0, 0.05) is 25.6 Å². The highest BCUT2D eigenvalue weighted by Gasteiger charge is 2.30. The third-order valence-corrected chi connectivity index (χ3v) is 5.73. The number of carboxylic acid groups (broad SMARTS) is 1. The van der Waals surface area contributed by atoms with E-state index in [1.807, 2.05) is 6.92 Å². The fraction of sp³-hybridized carbons (Fsp3) is 0.556. The van der Waals surface area contributed by atoms with Gasteiger partial charge in [-0.2, -0.15) is 0 Å². The van der Waals surface area contributed by atoms with Crippen molar-refractivity contribution < 1.29 is 23.1 Å². The summed E-state index contributed by atoms with van der Waals surface area (Å²) in [4.78, 5) is 24.8. The summed E-state index contributed by atoms with van der Waals surface area (Å²) in [5, 5.41) is 8.81. The number of hydrogen-bond acceptors (Lipinski definition) is 4.